The molecule has 0 amide bonds. The Morgan fingerprint density at radius 2 is 1.33 bits per heavy atom. The standard InChI is InChI=1S/C10H20N2O3/c1-5(13)9(7-3-11-7)15-10(6(2)14)8-4-12-8/h5-14H,3-4H2,1-2H3. The summed E-state index contributed by atoms with van der Waals surface area (Å²) in [6.07, 6.45) is -1.45. The van der Waals surface area contributed by atoms with Gasteiger partial charge in [-0.2, -0.15) is 0 Å². The Kier molecular flexibility index (Phi) is 3.27. The third kappa shape index (κ3) is 2.89. The second-order valence-electron chi connectivity index (χ2n) is 4.58. The van der Waals surface area contributed by atoms with Gasteiger partial charge in [0.05, 0.1) is 12.2 Å². The van der Waals surface area contributed by atoms with Crippen LogP contribution in [0.2, 0.25) is 0 Å². The molecule has 88 valence electrons. The van der Waals surface area contributed by atoms with Gasteiger partial charge in [0, 0.05) is 25.2 Å². The minimum absolute atomic E-state index is 0.216. The zero-order chi connectivity index (χ0) is 11.0. The summed E-state index contributed by atoms with van der Waals surface area (Å²) in [5.74, 6) is 0. The highest BCUT2D eigenvalue weighted by atomic mass is 16.5. The van der Waals surface area contributed by atoms with E-state index in [0.29, 0.717) is 0 Å². The van der Waals surface area contributed by atoms with Gasteiger partial charge in [0.2, 0.25) is 0 Å². The van der Waals surface area contributed by atoms with Gasteiger partial charge < -0.3 is 25.6 Å². The van der Waals surface area contributed by atoms with Crippen molar-refractivity contribution in [3.8, 4) is 0 Å². The van der Waals surface area contributed by atoms with Gasteiger partial charge in [-0.15, -0.1) is 0 Å². The summed E-state index contributed by atoms with van der Waals surface area (Å²) in [6.45, 7) is 5.23. The van der Waals surface area contributed by atoms with Crippen molar-refractivity contribution >= 4 is 0 Å². The first-order chi connectivity index (χ1) is 7.09. The Morgan fingerprint density at radius 1 is 1.00 bits per heavy atom. The number of rotatable bonds is 6. The average Bonchev–Trinajstić information content (AvgIpc) is 2.99. The monoisotopic (exact) mass is 216 g/mol. The molecule has 2 rings (SSSR count). The van der Waals surface area contributed by atoms with Crippen molar-refractivity contribution in [1.29, 1.82) is 0 Å². The van der Waals surface area contributed by atoms with Crippen LogP contribution in [0.5, 0.6) is 0 Å². The van der Waals surface area contributed by atoms with E-state index in [4.69, 9.17) is 4.74 Å². The van der Waals surface area contributed by atoms with Crippen molar-refractivity contribution in [3.63, 3.8) is 0 Å². The van der Waals surface area contributed by atoms with Crippen molar-refractivity contribution in [2.45, 2.75) is 50.3 Å². The molecule has 0 bridgehead atoms. The second kappa shape index (κ2) is 4.35. The molecule has 4 N–H and O–H groups in total. The van der Waals surface area contributed by atoms with Crippen LogP contribution in [0.4, 0.5) is 0 Å². The lowest BCUT2D eigenvalue weighted by molar-refractivity contribution is -0.107. The van der Waals surface area contributed by atoms with Crippen LogP contribution < -0.4 is 10.6 Å². The zero-order valence-electron chi connectivity index (χ0n) is 9.18. The minimum atomic E-state index is -0.509. The Morgan fingerprint density at radius 3 is 1.53 bits per heavy atom. The molecule has 2 aliphatic rings. The normalized spacial score (nSPS) is 36.8. The Hall–Kier alpha value is -0.200. The molecular weight excluding hydrogens is 196 g/mol. The van der Waals surface area contributed by atoms with E-state index >= 15 is 0 Å². The van der Waals surface area contributed by atoms with Gasteiger partial charge in [0.15, 0.2) is 0 Å². The SMILES string of the molecule is CC(O)C(OC(C(C)O)C1CN1)C1CN1. The summed E-state index contributed by atoms with van der Waals surface area (Å²) in [6, 6.07) is 0.481. The van der Waals surface area contributed by atoms with Gasteiger partial charge in [0.25, 0.3) is 0 Å². The lowest BCUT2D eigenvalue weighted by Gasteiger charge is -2.27. The lowest BCUT2D eigenvalue weighted by atomic mass is 10.1. The van der Waals surface area contributed by atoms with Crippen LogP contribution in [-0.2, 0) is 4.74 Å². The fraction of sp³-hybridized carbons (Fsp3) is 1.00. The van der Waals surface area contributed by atoms with E-state index < -0.39 is 12.2 Å². The highest BCUT2D eigenvalue weighted by molar-refractivity contribution is 4.99. The number of nitrogens with one attached hydrogen (secondary N) is 2. The van der Waals surface area contributed by atoms with Crippen LogP contribution in [0.15, 0.2) is 0 Å². The quantitative estimate of drug-likeness (QED) is 0.403. The lowest BCUT2D eigenvalue weighted by Crippen LogP contribution is -2.43. The van der Waals surface area contributed by atoms with E-state index in [1.54, 1.807) is 13.8 Å². The largest absolute Gasteiger partial charge is 0.391 e. The van der Waals surface area contributed by atoms with Gasteiger partial charge >= 0.3 is 0 Å². The maximum atomic E-state index is 9.59. The molecule has 2 aliphatic heterocycles. The van der Waals surface area contributed by atoms with Crippen LogP contribution >= 0.6 is 0 Å². The fourth-order valence-electron chi connectivity index (χ4n) is 1.87. The maximum absolute atomic E-state index is 9.59. The second-order valence-corrected chi connectivity index (χ2v) is 4.58. The molecule has 2 saturated heterocycles. The number of ether oxygens (including phenoxy) is 1. The summed E-state index contributed by atoms with van der Waals surface area (Å²) >= 11 is 0. The molecule has 2 heterocycles. The maximum Gasteiger partial charge on any atom is 0.100 e. The molecule has 0 aliphatic carbocycles. The average molecular weight is 216 g/mol. The third-order valence-corrected chi connectivity index (χ3v) is 2.94. The number of aliphatic hydroxyl groups is 2. The molecule has 5 nitrogen and oxygen atoms in total. The summed E-state index contributed by atoms with van der Waals surface area (Å²) in [5.41, 5.74) is 0. The van der Waals surface area contributed by atoms with Gasteiger partial charge in [-0.25, -0.2) is 0 Å². The van der Waals surface area contributed by atoms with Crippen molar-refractivity contribution < 1.29 is 14.9 Å². The van der Waals surface area contributed by atoms with Crippen LogP contribution in [0.3, 0.4) is 0 Å². The predicted molar refractivity (Wildman–Crippen MR) is 55.6 cm³/mol. The van der Waals surface area contributed by atoms with Crippen LogP contribution in [0, 0.1) is 0 Å². The van der Waals surface area contributed by atoms with Crippen molar-refractivity contribution in [2.75, 3.05) is 13.1 Å². The topological polar surface area (TPSA) is 93.6 Å². The molecule has 2 fully saturated rings. The summed E-state index contributed by atoms with van der Waals surface area (Å²) in [4.78, 5) is 0. The van der Waals surface area contributed by atoms with Gasteiger partial charge in [-0.1, -0.05) is 0 Å². The van der Waals surface area contributed by atoms with Crippen LogP contribution in [0.25, 0.3) is 0 Å². The Bertz CT molecular complexity index is 189. The third-order valence-electron chi connectivity index (χ3n) is 2.94. The minimum Gasteiger partial charge on any atom is -0.391 e. The molecule has 0 saturated carbocycles. The van der Waals surface area contributed by atoms with E-state index in [1.165, 1.54) is 0 Å². The summed E-state index contributed by atoms with van der Waals surface area (Å²) < 4.78 is 5.80. The molecule has 5 heteroatoms. The van der Waals surface area contributed by atoms with E-state index in [9.17, 15) is 10.2 Å². The molecule has 0 aromatic carbocycles. The molecule has 15 heavy (non-hydrogen) atoms. The van der Waals surface area contributed by atoms with E-state index in [-0.39, 0.29) is 24.3 Å². The fourth-order valence-corrected chi connectivity index (χ4v) is 1.87. The molecule has 6 atom stereocenters. The zero-order valence-corrected chi connectivity index (χ0v) is 9.18. The summed E-state index contributed by atoms with van der Waals surface area (Å²) in [7, 11) is 0. The Labute approximate surface area is 89.8 Å². The van der Waals surface area contributed by atoms with Gasteiger partial charge in [-0.05, 0) is 13.8 Å². The van der Waals surface area contributed by atoms with Crippen LogP contribution in [-0.4, -0.2) is 59.8 Å². The first-order valence-corrected chi connectivity index (χ1v) is 5.58. The Balaban J connectivity index is 1.90. The van der Waals surface area contributed by atoms with E-state index in [2.05, 4.69) is 10.6 Å². The van der Waals surface area contributed by atoms with Crippen LogP contribution in [0.1, 0.15) is 13.8 Å². The molecular formula is C10H20N2O3. The highest BCUT2D eigenvalue weighted by Crippen LogP contribution is 2.20. The van der Waals surface area contributed by atoms with Crippen molar-refractivity contribution in [2.24, 2.45) is 0 Å². The first kappa shape index (κ1) is 11.3. The number of hydrogen-bond acceptors (Lipinski definition) is 5. The molecule has 0 aromatic rings. The smallest absolute Gasteiger partial charge is 0.100 e. The highest BCUT2D eigenvalue weighted by Gasteiger charge is 2.41. The molecule has 0 aromatic heterocycles. The molecule has 0 radical (unpaired) electrons. The number of hydrogen-bond donors (Lipinski definition) is 4. The first-order valence-electron chi connectivity index (χ1n) is 5.58. The number of aliphatic hydroxyl groups excluding tert-OH is 2. The van der Waals surface area contributed by atoms with Gasteiger partial charge in [-0.3, -0.25) is 0 Å². The van der Waals surface area contributed by atoms with Gasteiger partial charge in [0.1, 0.15) is 12.2 Å². The van der Waals surface area contributed by atoms with Crippen molar-refractivity contribution in [3.05, 3.63) is 0 Å². The molecule has 0 spiro atoms. The predicted octanol–water partition coefficient (Wildman–Crippen LogP) is -1.55. The molecule has 6 unspecified atom stereocenters. The van der Waals surface area contributed by atoms with E-state index in [1.807, 2.05) is 0 Å². The summed E-state index contributed by atoms with van der Waals surface area (Å²) in [5, 5.41) is 25.4. The van der Waals surface area contributed by atoms with Crippen molar-refractivity contribution in [1.82, 2.24) is 10.6 Å². The van der Waals surface area contributed by atoms with E-state index in [0.717, 1.165) is 13.1 Å².